The van der Waals surface area contributed by atoms with E-state index in [0.717, 1.165) is 15.9 Å². The fraction of sp³-hybridized carbons (Fsp3) is 0.286. The lowest BCUT2D eigenvalue weighted by atomic mass is 10.2. The van der Waals surface area contributed by atoms with Crippen molar-refractivity contribution in [2.45, 2.75) is 19.9 Å². The summed E-state index contributed by atoms with van der Waals surface area (Å²) in [5.74, 6) is 0.579. The van der Waals surface area contributed by atoms with Crippen LogP contribution in [-0.4, -0.2) is 18.0 Å². The summed E-state index contributed by atoms with van der Waals surface area (Å²) in [5.41, 5.74) is 0.588. The Bertz CT molecular complexity index is 613. The molecule has 0 saturated heterocycles. The molecule has 0 aliphatic heterocycles. The van der Waals surface area contributed by atoms with Gasteiger partial charge in [0.25, 0.3) is 5.91 Å². The number of thiazole rings is 1. The van der Waals surface area contributed by atoms with Crippen LogP contribution in [0.3, 0.4) is 0 Å². The van der Waals surface area contributed by atoms with Crippen LogP contribution in [-0.2, 0) is 13.0 Å². The van der Waals surface area contributed by atoms with E-state index in [1.807, 2.05) is 6.20 Å². The molecule has 20 heavy (non-hydrogen) atoms. The maximum atomic E-state index is 12.1. The fourth-order valence-corrected chi connectivity index (χ4v) is 3.00. The number of nitrogens with one attached hydrogen (secondary N) is 1. The van der Waals surface area contributed by atoms with Gasteiger partial charge >= 0.3 is 0 Å². The number of benzene rings is 1. The number of ether oxygens (including phenoxy) is 1. The maximum absolute atomic E-state index is 12.1. The minimum Gasteiger partial charge on any atom is -0.496 e. The highest BCUT2D eigenvalue weighted by Crippen LogP contribution is 2.25. The Hall–Kier alpha value is -1.40. The quantitative estimate of drug-likeness (QED) is 0.894. The van der Waals surface area contributed by atoms with Gasteiger partial charge in [0.1, 0.15) is 10.8 Å². The second kappa shape index (κ2) is 6.85. The summed E-state index contributed by atoms with van der Waals surface area (Å²) >= 11 is 4.99. The average molecular weight is 355 g/mol. The molecular formula is C14H15BrN2O2S. The highest BCUT2D eigenvalue weighted by Gasteiger charge is 2.09. The summed E-state index contributed by atoms with van der Waals surface area (Å²) in [4.78, 5) is 17.5. The van der Waals surface area contributed by atoms with Crippen LogP contribution in [0.2, 0.25) is 0 Å². The van der Waals surface area contributed by atoms with Crippen LogP contribution < -0.4 is 10.1 Å². The lowest BCUT2D eigenvalue weighted by Gasteiger charge is -2.06. The molecule has 0 aliphatic carbocycles. The topological polar surface area (TPSA) is 51.2 Å². The van der Waals surface area contributed by atoms with Gasteiger partial charge < -0.3 is 10.1 Å². The summed E-state index contributed by atoms with van der Waals surface area (Å²) < 4.78 is 5.90. The molecule has 106 valence electrons. The van der Waals surface area contributed by atoms with Gasteiger partial charge in [-0.15, -0.1) is 11.3 Å². The minimum atomic E-state index is -0.124. The standard InChI is InChI=1S/C14H15BrN2O2S/c1-3-10-7-16-13(20-10)8-17-14(18)9-4-5-12(19-2)11(15)6-9/h4-7H,3,8H2,1-2H3,(H,17,18). The van der Waals surface area contributed by atoms with E-state index in [1.54, 1.807) is 36.6 Å². The third-order valence-corrected chi connectivity index (χ3v) is 4.53. The Kier molecular flexibility index (Phi) is 5.14. The van der Waals surface area contributed by atoms with Crippen molar-refractivity contribution in [1.29, 1.82) is 0 Å². The molecule has 1 amide bonds. The van der Waals surface area contributed by atoms with Crippen molar-refractivity contribution in [3.8, 4) is 5.75 Å². The molecule has 1 N–H and O–H groups in total. The van der Waals surface area contributed by atoms with Gasteiger partial charge in [-0.2, -0.15) is 0 Å². The van der Waals surface area contributed by atoms with Gasteiger partial charge in [0.15, 0.2) is 0 Å². The molecule has 2 aromatic rings. The van der Waals surface area contributed by atoms with Gasteiger partial charge in [-0.1, -0.05) is 6.92 Å². The summed E-state index contributed by atoms with van der Waals surface area (Å²) in [7, 11) is 1.59. The monoisotopic (exact) mass is 354 g/mol. The van der Waals surface area contributed by atoms with Crippen LogP contribution in [0.1, 0.15) is 27.2 Å². The van der Waals surface area contributed by atoms with Gasteiger partial charge in [0, 0.05) is 16.6 Å². The molecule has 0 unspecified atom stereocenters. The molecule has 2 rings (SSSR count). The summed E-state index contributed by atoms with van der Waals surface area (Å²) in [5, 5.41) is 3.78. The molecule has 0 bridgehead atoms. The first-order valence-electron chi connectivity index (χ1n) is 6.19. The summed E-state index contributed by atoms with van der Waals surface area (Å²) in [6.07, 6.45) is 2.83. The number of halogens is 1. The van der Waals surface area contributed by atoms with Crippen molar-refractivity contribution in [2.24, 2.45) is 0 Å². The summed E-state index contributed by atoms with van der Waals surface area (Å²) in [6, 6.07) is 5.24. The van der Waals surface area contributed by atoms with Gasteiger partial charge in [0.2, 0.25) is 0 Å². The number of hydrogen-bond acceptors (Lipinski definition) is 4. The predicted molar refractivity (Wildman–Crippen MR) is 83.4 cm³/mol. The molecule has 0 fully saturated rings. The number of aryl methyl sites for hydroxylation is 1. The van der Waals surface area contributed by atoms with Crippen LogP contribution in [0.15, 0.2) is 28.9 Å². The molecule has 0 saturated carbocycles. The molecule has 1 heterocycles. The van der Waals surface area contributed by atoms with Crippen molar-refractivity contribution in [1.82, 2.24) is 10.3 Å². The molecule has 4 nitrogen and oxygen atoms in total. The van der Waals surface area contributed by atoms with Gasteiger partial charge in [-0.3, -0.25) is 4.79 Å². The molecule has 0 radical (unpaired) electrons. The van der Waals surface area contributed by atoms with Crippen LogP contribution in [0.4, 0.5) is 0 Å². The van der Waals surface area contributed by atoms with Gasteiger partial charge in [-0.25, -0.2) is 4.98 Å². The number of nitrogens with zero attached hydrogens (tertiary/aromatic N) is 1. The van der Waals surface area contributed by atoms with E-state index in [-0.39, 0.29) is 5.91 Å². The van der Waals surface area contributed by atoms with E-state index in [0.29, 0.717) is 17.9 Å². The molecule has 0 atom stereocenters. The highest BCUT2D eigenvalue weighted by atomic mass is 79.9. The Balaban J connectivity index is 1.99. The number of hydrogen-bond donors (Lipinski definition) is 1. The van der Waals surface area contributed by atoms with Crippen LogP contribution >= 0.6 is 27.3 Å². The number of carbonyl (C=O) groups excluding carboxylic acids is 1. The molecule has 0 spiro atoms. The predicted octanol–water partition coefficient (Wildman–Crippen LogP) is 3.41. The van der Waals surface area contributed by atoms with E-state index in [9.17, 15) is 4.79 Å². The summed E-state index contributed by atoms with van der Waals surface area (Å²) in [6.45, 7) is 2.54. The number of methoxy groups -OCH3 is 1. The van der Waals surface area contributed by atoms with E-state index in [1.165, 1.54) is 4.88 Å². The van der Waals surface area contributed by atoms with Crippen molar-refractivity contribution in [3.63, 3.8) is 0 Å². The number of aromatic nitrogens is 1. The largest absolute Gasteiger partial charge is 0.496 e. The first-order chi connectivity index (χ1) is 9.63. The first kappa shape index (κ1) is 15.0. The Morgan fingerprint density at radius 3 is 2.90 bits per heavy atom. The lowest BCUT2D eigenvalue weighted by molar-refractivity contribution is 0.0951. The zero-order valence-electron chi connectivity index (χ0n) is 11.3. The van der Waals surface area contributed by atoms with Gasteiger partial charge in [-0.05, 0) is 40.5 Å². The third-order valence-electron chi connectivity index (χ3n) is 2.76. The third kappa shape index (κ3) is 3.58. The van der Waals surface area contributed by atoms with Crippen molar-refractivity contribution >= 4 is 33.2 Å². The van der Waals surface area contributed by atoms with Crippen molar-refractivity contribution < 1.29 is 9.53 Å². The molecule has 1 aromatic heterocycles. The van der Waals surface area contributed by atoms with Crippen LogP contribution in [0.5, 0.6) is 5.75 Å². The second-order valence-electron chi connectivity index (χ2n) is 4.11. The molecule has 6 heteroatoms. The maximum Gasteiger partial charge on any atom is 0.251 e. The lowest BCUT2D eigenvalue weighted by Crippen LogP contribution is -2.22. The number of rotatable bonds is 5. The Labute approximate surface area is 130 Å². The highest BCUT2D eigenvalue weighted by molar-refractivity contribution is 9.10. The van der Waals surface area contributed by atoms with Crippen LogP contribution in [0.25, 0.3) is 0 Å². The number of carbonyl (C=O) groups is 1. The normalized spacial score (nSPS) is 10.3. The zero-order valence-corrected chi connectivity index (χ0v) is 13.7. The average Bonchev–Trinajstić information content (AvgIpc) is 2.92. The fourth-order valence-electron chi connectivity index (χ4n) is 1.66. The first-order valence-corrected chi connectivity index (χ1v) is 7.80. The Morgan fingerprint density at radius 1 is 1.50 bits per heavy atom. The molecular weight excluding hydrogens is 340 g/mol. The molecule has 1 aromatic carbocycles. The van der Waals surface area contributed by atoms with Crippen molar-refractivity contribution in [2.75, 3.05) is 7.11 Å². The molecule has 0 aliphatic rings. The SMILES string of the molecule is CCc1cnc(CNC(=O)c2ccc(OC)c(Br)c2)s1. The minimum absolute atomic E-state index is 0.124. The van der Waals surface area contributed by atoms with Crippen LogP contribution in [0, 0.1) is 0 Å². The second-order valence-corrected chi connectivity index (χ2v) is 6.16. The van der Waals surface area contributed by atoms with Crippen molar-refractivity contribution in [3.05, 3.63) is 44.3 Å². The van der Waals surface area contributed by atoms with E-state index >= 15 is 0 Å². The number of amides is 1. The van der Waals surface area contributed by atoms with E-state index in [2.05, 4.69) is 33.2 Å². The van der Waals surface area contributed by atoms with E-state index in [4.69, 9.17) is 4.74 Å². The van der Waals surface area contributed by atoms with Gasteiger partial charge in [0.05, 0.1) is 18.1 Å². The zero-order chi connectivity index (χ0) is 14.5. The van der Waals surface area contributed by atoms with E-state index < -0.39 is 0 Å². The Morgan fingerprint density at radius 2 is 2.30 bits per heavy atom. The smallest absolute Gasteiger partial charge is 0.251 e.